The minimum absolute atomic E-state index is 0.188. The Morgan fingerprint density at radius 2 is 1.64 bits per heavy atom. The molecule has 0 aliphatic carbocycles. The molecule has 3 amide bonds. The van der Waals surface area contributed by atoms with E-state index >= 15 is 0 Å². The topological polar surface area (TPSA) is 70.2 Å². The van der Waals surface area contributed by atoms with Gasteiger partial charge in [-0.2, -0.15) is 0 Å². The lowest BCUT2D eigenvalue weighted by atomic mass is 10.3. The van der Waals surface area contributed by atoms with Gasteiger partial charge < -0.3 is 5.32 Å². The van der Waals surface area contributed by atoms with Gasteiger partial charge in [-0.05, 0) is 36.4 Å². The van der Waals surface area contributed by atoms with E-state index in [0.29, 0.717) is 10.7 Å². The summed E-state index contributed by atoms with van der Waals surface area (Å²) in [6.45, 7) is 0. The highest BCUT2D eigenvalue weighted by Gasteiger charge is 2.05. The molecule has 0 atom stereocenters. The van der Waals surface area contributed by atoms with E-state index in [9.17, 15) is 9.59 Å². The van der Waals surface area contributed by atoms with Crippen molar-refractivity contribution in [1.82, 2.24) is 10.9 Å². The second-order valence-electron chi connectivity index (χ2n) is 4.24. The monoisotopic (exact) mass is 335 g/mol. The van der Waals surface area contributed by atoms with Crippen molar-refractivity contribution in [1.29, 1.82) is 0 Å². The van der Waals surface area contributed by atoms with E-state index in [1.807, 2.05) is 18.2 Å². The van der Waals surface area contributed by atoms with Crippen molar-refractivity contribution >= 4 is 41.0 Å². The number of benzene rings is 2. The summed E-state index contributed by atoms with van der Waals surface area (Å²) in [5.74, 6) is -0.115. The Hall–Kier alpha value is -2.18. The third-order valence-corrected chi connectivity index (χ3v) is 3.79. The zero-order valence-electron chi connectivity index (χ0n) is 11.5. The van der Waals surface area contributed by atoms with Gasteiger partial charge in [-0.25, -0.2) is 10.2 Å². The van der Waals surface area contributed by atoms with E-state index in [0.717, 1.165) is 4.90 Å². The fraction of sp³-hybridized carbons (Fsp3) is 0.0667. The van der Waals surface area contributed by atoms with Crippen LogP contribution in [-0.2, 0) is 4.79 Å². The molecule has 2 rings (SSSR count). The molecule has 0 saturated heterocycles. The van der Waals surface area contributed by atoms with E-state index in [4.69, 9.17) is 11.6 Å². The summed E-state index contributed by atoms with van der Waals surface area (Å²) in [5, 5.41) is 3.24. The molecule has 0 bridgehead atoms. The number of hydrogen-bond donors (Lipinski definition) is 3. The molecule has 3 N–H and O–H groups in total. The van der Waals surface area contributed by atoms with Crippen LogP contribution in [0.25, 0.3) is 0 Å². The van der Waals surface area contributed by atoms with Crippen LogP contribution in [0, 0.1) is 0 Å². The number of rotatable bonds is 4. The summed E-state index contributed by atoms with van der Waals surface area (Å²) in [6.07, 6.45) is 0. The third-order valence-electron chi connectivity index (χ3n) is 2.53. The molecule has 0 heterocycles. The van der Waals surface area contributed by atoms with Crippen LogP contribution in [0.4, 0.5) is 10.5 Å². The summed E-state index contributed by atoms with van der Waals surface area (Å²) in [7, 11) is 0. The number of hydrogen-bond acceptors (Lipinski definition) is 3. The molecule has 0 unspecified atom stereocenters. The first-order valence-electron chi connectivity index (χ1n) is 6.43. The molecular formula is C15H14ClN3O2S. The maximum atomic E-state index is 11.6. The van der Waals surface area contributed by atoms with Crippen molar-refractivity contribution in [3.8, 4) is 0 Å². The van der Waals surface area contributed by atoms with Crippen molar-refractivity contribution in [2.24, 2.45) is 0 Å². The van der Waals surface area contributed by atoms with Gasteiger partial charge in [0.2, 0.25) is 5.91 Å². The Kier molecular flexibility index (Phi) is 6.12. The van der Waals surface area contributed by atoms with Gasteiger partial charge in [0.25, 0.3) is 0 Å². The number of amides is 3. The lowest BCUT2D eigenvalue weighted by Gasteiger charge is -2.08. The summed E-state index contributed by atoms with van der Waals surface area (Å²) < 4.78 is 0. The molecule has 0 spiro atoms. The number of anilines is 1. The molecule has 2 aromatic rings. The summed E-state index contributed by atoms with van der Waals surface area (Å²) >= 11 is 7.13. The molecule has 0 saturated carbocycles. The minimum atomic E-state index is -0.504. The van der Waals surface area contributed by atoms with Crippen molar-refractivity contribution in [2.45, 2.75) is 4.90 Å². The second-order valence-corrected chi connectivity index (χ2v) is 5.72. The van der Waals surface area contributed by atoms with Crippen LogP contribution in [-0.4, -0.2) is 17.7 Å². The molecule has 7 heteroatoms. The number of thioether (sulfide) groups is 1. The van der Waals surface area contributed by atoms with Crippen LogP contribution in [0.2, 0.25) is 5.02 Å². The first kappa shape index (κ1) is 16.2. The second kappa shape index (κ2) is 8.31. The van der Waals surface area contributed by atoms with E-state index in [2.05, 4.69) is 16.2 Å². The molecule has 114 valence electrons. The van der Waals surface area contributed by atoms with Gasteiger partial charge in [0.05, 0.1) is 5.75 Å². The van der Waals surface area contributed by atoms with E-state index < -0.39 is 6.03 Å². The molecule has 0 aliphatic rings. The van der Waals surface area contributed by atoms with Crippen molar-refractivity contribution in [3.05, 3.63) is 59.6 Å². The molecule has 0 radical (unpaired) electrons. The molecule has 5 nitrogen and oxygen atoms in total. The summed E-state index contributed by atoms with van der Waals surface area (Å²) in [5.41, 5.74) is 5.27. The number of halogens is 1. The highest BCUT2D eigenvalue weighted by molar-refractivity contribution is 8.00. The predicted molar refractivity (Wildman–Crippen MR) is 88.9 cm³/mol. The SMILES string of the molecule is O=C(CSc1ccc(Cl)cc1)NNC(=O)Nc1ccccc1. The Balaban J connectivity index is 1.69. The smallest absolute Gasteiger partial charge is 0.307 e. The van der Waals surface area contributed by atoms with Crippen LogP contribution in [0.15, 0.2) is 59.5 Å². The first-order valence-corrected chi connectivity index (χ1v) is 7.79. The fourth-order valence-corrected chi connectivity index (χ4v) is 2.35. The predicted octanol–water partition coefficient (Wildman–Crippen LogP) is 3.29. The van der Waals surface area contributed by atoms with Crippen LogP contribution in [0.1, 0.15) is 0 Å². The number of para-hydroxylation sites is 1. The number of nitrogens with one attached hydrogen (secondary N) is 3. The van der Waals surface area contributed by atoms with Crippen LogP contribution in [0.3, 0.4) is 0 Å². The molecule has 0 aliphatic heterocycles. The quantitative estimate of drug-likeness (QED) is 0.593. The minimum Gasteiger partial charge on any atom is -0.307 e. The van der Waals surface area contributed by atoms with Crippen LogP contribution < -0.4 is 16.2 Å². The maximum Gasteiger partial charge on any atom is 0.337 e. The number of urea groups is 1. The molecule has 2 aromatic carbocycles. The Morgan fingerprint density at radius 3 is 2.32 bits per heavy atom. The lowest BCUT2D eigenvalue weighted by Crippen LogP contribution is -2.44. The van der Waals surface area contributed by atoms with Crippen molar-refractivity contribution in [3.63, 3.8) is 0 Å². The maximum absolute atomic E-state index is 11.6. The van der Waals surface area contributed by atoms with E-state index in [1.54, 1.807) is 36.4 Å². The van der Waals surface area contributed by atoms with Gasteiger partial charge in [0, 0.05) is 15.6 Å². The van der Waals surface area contributed by atoms with Crippen molar-refractivity contribution < 1.29 is 9.59 Å². The number of hydrazine groups is 1. The normalized spacial score (nSPS) is 9.86. The van der Waals surface area contributed by atoms with Gasteiger partial charge in [0.15, 0.2) is 0 Å². The van der Waals surface area contributed by atoms with Gasteiger partial charge in [0.1, 0.15) is 0 Å². The summed E-state index contributed by atoms with van der Waals surface area (Å²) in [6, 6.07) is 15.6. The molecular weight excluding hydrogens is 322 g/mol. The average molecular weight is 336 g/mol. The number of carbonyl (C=O) groups excluding carboxylic acids is 2. The Labute approximate surface area is 137 Å². The zero-order valence-corrected chi connectivity index (χ0v) is 13.1. The van der Waals surface area contributed by atoms with Gasteiger partial charge in [-0.1, -0.05) is 29.8 Å². The van der Waals surface area contributed by atoms with Crippen molar-refractivity contribution in [2.75, 3.05) is 11.1 Å². The van der Waals surface area contributed by atoms with Crippen LogP contribution in [0.5, 0.6) is 0 Å². The molecule has 0 aromatic heterocycles. The number of carbonyl (C=O) groups is 2. The summed E-state index contributed by atoms with van der Waals surface area (Å²) in [4.78, 5) is 24.1. The third kappa shape index (κ3) is 5.67. The fourth-order valence-electron chi connectivity index (χ4n) is 1.53. The van der Waals surface area contributed by atoms with Gasteiger partial charge >= 0.3 is 6.03 Å². The van der Waals surface area contributed by atoms with E-state index in [-0.39, 0.29) is 11.7 Å². The Morgan fingerprint density at radius 1 is 0.955 bits per heavy atom. The van der Waals surface area contributed by atoms with Crippen LogP contribution >= 0.6 is 23.4 Å². The molecule has 22 heavy (non-hydrogen) atoms. The average Bonchev–Trinajstić information content (AvgIpc) is 2.53. The zero-order chi connectivity index (χ0) is 15.8. The van der Waals surface area contributed by atoms with E-state index in [1.165, 1.54) is 11.8 Å². The largest absolute Gasteiger partial charge is 0.337 e. The van der Waals surface area contributed by atoms with Gasteiger partial charge in [-0.3, -0.25) is 10.2 Å². The highest BCUT2D eigenvalue weighted by Crippen LogP contribution is 2.19. The standard InChI is InChI=1S/C15H14ClN3O2S/c16-11-6-8-13(9-7-11)22-10-14(20)18-19-15(21)17-12-4-2-1-3-5-12/h1-9H,10H2,(H,18,20)(H2,17,19,21). The highest BCUT2D eigenvalue weighted by atomic mass is 35.5. The van der Waals surface area contributed by atoms with Gasteiger partial charge in [-0.15, -0.1) is 11.8 Å². The Bertz CT molecular complexity index is 635. The first-order chi connectivity index (χ1) is 10.6. The molecule has 0 fully saturated rings. The lowest BCUT2D eigenvalue weighted by molar-refractivity contribution is -0.119.